The van der Waals surface area contributed by atoms with Gasteiger partial charge in [0.15, 0.2) is 0 Å². The zero-order valence-electron chi connectivity index (χ0n) is 12.0. The number of nitrogens with one attached hydrogen (secondary N) is 1. The molecule has 1 N–H and O–H groups in total. The summed E-state index contributed by atoms with van der Waals surface area (Å²) in [7, 11) is 0. The van der Waals surface area contributed by atoms with E-state index in [-0.39, 0.29) is 6.03 Å². The van der Waals surface area contributed by atoms with Crippen LogP contribution in [0.15, 0.2) is 41.8 Å². The van der Waals surface area contributed by atoms with Crippen molar-refractivity contribution < 1.29 is 4.79 Å². The maximum atomic E-state index is 12.1. The van der Waals surface area contributed by atoms with Crippen molar-refractivity contribution in [2.24, 2.45) is 0 Å². The fourth-order valence-corrected chi connectivity index (χ4v) is 2.84. The van der Waals surface area contributed by atoms with E-state index in [9.17, 15) is 4.79 Å². The Hall–Kier alpha value is -1.52. The van der Waals surface area contributed by atoms with Crippen LogP contribution in [0.5, 0.6) is 0 Å². The van der Waals surface area contributed by atoms with Gasteiger partial charge >= 0.3 is 6.03 Å². The first kappa shape index (κ1) is 15.9. The van der Waals surface area contributed by atoms with E-state index in [1.807, 2.05) is 53.6 Å². The molecule has 1 aromatic carbocycles. The van der Waals surface area contributed by atoms with Gasteiger partial charge in [0.25, 0.3) is 0 Å². The Labute approximate surface area is 134 Å². The third kappa shape index (κ3) is 5.06. The first-order valence-corrected chi connectivity index (χ1v) is 8.24. The number of nitrogens with zero attached hydrogens (tertiary/aromatic N) is 1. The van der Waals surface area contributed by atoms with Gasteiger partial charge in [0, 0.05) is 23.0 Å². The van der Waals surface area contributed by atoms with Crippen molar-refractivity contribution in [1.82, 2.24) is 10.2 Å². The van der Waals surface area contributed by atoms with Crippen LogP contribution in [0.2, 0.25) is 5.02 Å². The molecule has 0 aliphatic heterocycles. The molecule has 0 atom stereocenters. The predicted molar refractivity (Wildman–Crippen MR) is 89.0 cm³/mol. The second-order valence-corrected chi connectivity index (χ2v) is 6.17. The predicted octanol–water partition coefficient (Wildman–Crippen LogP) is 4.18. The van der Waals surface area contributed by atoms with Gasteiger partial charge in [0.1, 0.15) is 0 Å². The van der Waals surface area contributed by atoms with Gasteiger partial charge in [-0.15, -0.1) is 11.3 Å². The van der Waals surface area contributed by atoms with Crippen molar-refractivity contribution in [2.45, 2.75) is 19.9 Å². The van der Waals surface area contributed by atoms with Gasteiger partial charge in [-0.25, -0.2) is 4.79 Å². The molecular weight excluding hydrogens is 304 g/mol. The molecule has 2 amide bonds. The van der Waals surface area contributed by atoms with Crippen LogP contribution in [0, 0.1) is 0 Å². The number of thiophene rings is 1. The highest BCUT2D eigenvalue weighted by Gasteiger charge is 2.11. The second-order valence-electron chi connectivity index (χ2n) is 4.70. The van der Waals surface area contributed by atoms with Gasteiger partial charge in [-0.2, -0.15) is 0 Å². The van der Waals surface area contributed by atoms with Gasteiger partial charge < -0.3 is 10.2 Å². The van der Waals surface area contributed by atoms with Crippen LogP contribution >= 0.6 is 22.9 Å². The summed E-state index contributed by atoms with van der Waals surface area (Å²) in [4.78, 5) is 15.2. The third-order valence-electron chi connectivity index (χ3n) is 3.20. The van der Waals surface area contributed by atoms with Crippen molar-refractivity contribution in [3.05, 3.63) is 57.2 Å². The van der Waals surface area contributed by atoms with Crippen LogP contribution in [0.1, 0.15) is 17.4 Å². The molecule has 0 spiro atoms. The fourth-order valence-electron chi connectivity index (χ4n) is 1.99. The molecule has 1 heterocycles. The van der Waals surface area contributed by atoms with Gasteiger partial charge in [0.2, 0.25) is 0 Å². The highest BCUT2D eigenvalue weighted by Crippen LogP contribution is 2.12. The van der Waals surface area contributed by atoms with E-state index < -0.39 is 0 Å². The molecule has 0 bridgehead atoms. The van der Waals surface area contributed by atoms with Crippen LogP contribution < -0.4 is 5.32 Å². The standard InChI is InChI=1S/C16H19ClN2OS/c1-2-19(12-15-4-3-11-21-15)16(20)18-10-9-13-5-7-14(17)8-6-13/h3-8,11H,2,9-10,12H2,1H3,(H,18,20). The monoisotopic (exact) mass is 322 g/mol. The summed E-state index contributed by atoms with van der Waals surface area (Å²) < 4.78 is 0. The fraction of sp³-hybridized carbons (Fsp3) is 0.312. The number of hydrogen-bond acceptors (Lipinski definition) is 2. The summed E-state index contributed by atoms with van der Waals surface area (Å²) in [6.45, 7) is 3.99. The number of benzene rings is 1. The molecule has 2 rings (SSSR count). The molecule has 1 aromatic heterocycles. The van der Waals surface area contributed by atoms with Crippen molar-refractivity contribution in [1.29, 1.82) is 0 Å². The van der Waals surface area contributed by atoms with Crippen LogP contribution in [-0.4, -0.2) is 24.0 Å². The maximum absolute atomic E-state index is 12.1. The van der Waals surface area contributed by atoms with Crippen molar-refractivity contribution >= 4 is 29.0 Å². The highest BCUT2D eigenvalue weighted by atomic mass is 35.5. The molecule has 0 aliphatic carbocycles. The van der Waals surface area contributed by atoms with E-state index in [4.69, 9.17) is 11.6 Å². The molecule has 3 nitrogen and oxygen atoms in total. The second kappa shape index (κ2) is 8.05. The topological polar surface area (TPSA) is 32.3 Å². The van der Waals surface area contributed by atoms with Crippen molar-refractivity contribution in [3.8, 4) is 0 Å². The summed E-state index contributed by atoms with van der Waals surface area (Å²) in [5.41, 5.74) is 1.17. The summed E-state index contributed by atoms with van der Waals surface area (Å²) in [6, 6.07) is 11.7. The van der Waals surface area contributed by atoms with E-state index in [2.05, 4.69) is 5.32 Å². The molecule has 21 heavy (non-hydrogen) atoms. The average Bonchev–Trinajstić information content (AvgIpc) is 2.99. The molecule has 0 fully saturated rings. The van der Waals surface area contributed by atoms with Gasteiger partial charge in [0.05, 0.1) is 6.54 Å². The molecule has 0 unspecified atom stereocenters. The number of urea groups is 1. The number of hydrogen-bond donors (Lipinski definition) is 1. The minimum Gasteiger partial charge on any atom is -0.338 e. The molecule has 5 heteroatoms. The summed E-state index contributed by atoms with van der Waals surface area (Å²) >= 11 is 7.52. The number of rotatable bonds is 6. The van der Waals surface area contributed by atoms with E-state index in [0.29, 0.717) is 19.6 Å². The van der Waals surface area contributed by atoms with E-state index >= 15 is 0 Å². The molecule has 0 aliphatic rings. The SMILES string of the molecule is CCN(Cc1cccs1)C(=O)NCCc1ccc(Cl)cc1. The Morgan fingerprint density at radius 2 is 2.05 bits per heavy atom. The van der Waals surface area contributed by atoms with Crippen LogP contribution in [-0.2, 0) is 13.0 Å². The average molecular weight is 323 g/mol. The molecule has 112 valence electrons. The smallest absolute Gasteiger partial charge is 0.317 e. The van der Waals surface area contributed by atoms with E-state index in [0.717, 1.165) is 11.4 Å². The van der Waals surface area contributed by atoms with Crippen molar-refractivity contribution in [2.75, 3.05) is 13.1 Å². The molecular formula is C16H19ClN2OS. The Balaban J connectivity index is 1.78. The molecule has 0 radical (unpaired) electrons. The lowest BCUT2D eigenvalue weighted by atomic mass is 10.1. The lowest BCUT2D eigenvalue weighted by Crippen LogP contribution is -2.40. The van der Waals surface area contributed by atoms with Crippen LogP contribution in [0.25, 0.3) is 0 Å². The minimum atomic E-state index is -0.0140. The normalized spacial score (nSPS) is 10.4. The Kier molecular flexibility index (Phi) is 6.08. The van der Waals surface area contributed by atoms with E-state index in [1.54, 1.807) is 11.3 Å². The molecule has 0 saturated heterocycles. The van der Waals surface area contributed by atoms with E-state index in [1.165, 1.54) is 10.4 Å². The van der Waals surface area contributed by atoms with Crippen LogP contribution in [0.4, 0.5) is 4.79 Å². The number of carbonyl (C=O) groups excluding carboxylic acids is 1. The third-order valence-corrected chi connectivity index (χ3v) is 4.31. The Bertz CT molecular complexity index is 554. The minimum absolute atomic E-state index is 0.0140. The maximum Gasteiger partial charge on any atom is 0.317 e. The highest BCUT2D eigenvalue weighted by molar-refractivity contribution is 7.09. The van der Waals surface area contributed by atoms with Crippen LogP contribution in [0.3, 0.4) is 0 Å². The van der Waals surface area contributed by atoms with Crippen molar-refractivity contribution in [3.63, 3.8) is 0 Å². The first-order valence-electron chi connectivity index (χ1n) is 6.98. The largest absolute Gasteiger partial charge is 0.338 e. The van der Waals surface area contributed by atoms with Gasteiger partial charge in [-0.1, -0.05) is 29.8 Å². The number of halogens is 1. The summed E-state index contributed by atoms with van der Waals surface area (Å²) in [5, 5.41) is 5.73. The lowest BCUT2D eigenvalue weighted by Gasteiger charge is -2.20. The number of carbonyl (C=O) groups is 1. The Morgan fingerprint density at radius 1 is 1.29 bits per heavy atom. The van der Waals surface area contributed by atoms with Gasteiger partial charge in [-0.3, -0.25) is 0 Å². The Morgan fingerprint density at radius 3 is 2.67 bits per heavy atom. The lowest BCUT2D eigenvalue weighted by molar-refractivity contribution is 0.199. The number of amides is 2. The zero-order valence-corrected chi connectivity index (χ0v) is 13.6. The first-order chi connectivity index (χ1) is 10.2. The summed E-state index contributed by atoms with van der Waals surface area (Å²) in [6.07, 6.45) is 0.805. The quantitative estimate of drug-likeness (QED) is 0.850. The molecule has 0 saturated carbocycles. The molecule has 2 aromatic rings. The van der Waals surface area contributed by atoms with Gasteiger partial charge in [-0.05, 0) is 42.5 Å². The zero-order chi connectivity index (χ0) is 15.1. The summed E-state index contributed by atoms with van der Waals surface area (Å²) in [5.74, 6) is 0.